The number of carbonyl (C=O) groups excluding carboxylic acids is 1. The van der Waals surface area contributed by atoms with Gasteiger partial charge < -0.3 is 5.32 Å². The zero-order chi connectivity index (χ0) is 24.5. The quantitative estimate of drug-likeness (QED) is 0.211. The summed E-state index contributed by atoms with van der Waals surface area (Å²) in [5, 5.41) is 4.86. The van der Waals surface area contributed by atoms with Crippen LogP contribution in [-0.2, 0) is 24.1 Å². The Morgan fingerprint density at radius 2 is 1.89 bits per heavy atom. The lowest BCUT2D eigenvalue weighted by Gasteiger charge is -2.14. The Labute approximate surface area is 221 Å². The van der Waals surface area contributed by atoms with E-state index < -0.39 is 0 Å². The van der Waals surface area contributed by atoms with Crippen molar-refractivity contribution in [1.29, 1.82) is 0 Å². The summed E-state index contributed by atoms with van der Waals surface area (Å²) in [6.07, 6.45) is 5.06. The molecule has 2 aromatic heterocycles. The Morgan fingerprint density at radius 3 is 2.63 bits per heavy atom. The molecule has 180 valence electrons. The number of halogens is 2. The summed E-state index contributed by atoms with van der Waals surface area (Å²) in [7, 11) is 0. The van der Waals surface area contributed by atoms with E-state index in [-0.39, 0.29) is 17.2 Å². The van der Waals surface area contributed by atoms with Crippen LogP contribution in [0.2, 0.25) is 10.0 Å². The number of aryl methyl sites for hydroxylation is 3. The summed E-state index contributed by atoms with van der Waals surface area (Å²) in [4.78, 5) is 33.4. The predicted octanol–water partition coefficient (Wildman–Crippen LogP) is 6.93. The van der Waals surface area contributed by atoms with Crippen molar-refractivity contribution in [2.45, 2.75) is 44.2 Å². The van der Waals surface area contributed by atoms with E-state index >= 15 is 0 Å². The molecular weight excluding hydrogens is 521 g/mol. The summed E-state index contributed by atoms with van der Waals surface area (Å²) in [5.41, 5.74) is 3.60. The van der Waals surface area contributed by atoms with Gasteiger partial charge in [-0.2, -0.15) is 0 Å². The van der Waals surface area contributed by atoms with E-state index in [0.29, 0.717) is 20.9 Å². The van der Waals surface area contributed by atoms with Gasteiger partial charge >= 0.3 is 0 Å². The molecule has 0 spiro atoms. The van der Waals surface area contributed by atoms with Crippen LogP contribution in [0.1, 0.15) is 35.8 Å². The summed E-state index contributed by atoms with van der Waals surface area (Å²) < 4.78 is 1.65. The highest BCUT2D eigenvalue weighted by molar-refractivity contribution is 7.99. The number of fused-ring (bicyclic) bond motifs is 3. The van der Waals surface area contributed by atoms with Crippen molar-refractivity contribution in [1.82, 2.24) is 9.55 Å². The van der Waals surface area contributed by atoms with Gasteiger partial charge in [0.25, 0.3) is 5.56 Å². The van der Waals surface area contributed by atoms with Gasteiger partial charge in [0, 0.05) is 10.6 Å². The van der Waals surface area contributed by atoms with Crippen LogP contribution in [-0.4, -0.2) is 21.2 Å². The maximum atomic E-state index is 13.8. The lowest BCUT2D eigenvalue weighted by atomic mass is 9.97. The lowest BCUT2D eigenvalue weighted by Crippen LogP contribution is -2.23. The average Bonchev–Trinajstić information content (AvgIpc) is 3.24. The topological polar surface area (TPSA) is 64.0 Å². The van der Waals surface area contributed by atoms with Crippen LogP contribution in [0.25, 0.3) is 15.9 Å². The molecule has 5 rings (SSSR count). The fourth-order valence-electron chi connectivity index (χ4n) is 4.29. The number of hydrogen-bond acceptors (Lipinski definition) is 5. The Morgan fingerprint density at radius 1 is 1.11 bits per heavy atom. The van der Waals surface area contributed by atoms with Crippen molar-refractivity contribution in [3.05, 3.63) is 78.9 Å². The van der Waals surface area contributed by atoms with Gasteiger partial charge in [0.2, 0.25) is 5.91 Å². The summed E-state index contributed by atoms with van der Waals surface area (Å²) in [6, 6.07) is 12.9. The second-order valence-corrected chi connectivity index (χ2v) is 11.3. The molecule has 2 aromatic carbocycles. The number of benzene rings is 2. The number of hydrogen-bond donors (Lipinski definition) is 1. The minimum atomic E-state index is -0.221. The molecule has 1 aliphatic carbocycles. The van der Waals surface area contributed by atoms with E-state index in [1.807, 2.05) is 24.3 Å². The molecule has 0 aliphatic heterocycles. The molecule has 35 heavy (non-hydrogen) atoms. The van der Waals surface area contributed by atoms with E-state index in [0.717, 1.165) is 53.6 Å². The zero-order valence-corrected chi connectivity index (χ0v) is 22.2. The monoisotopic (exact) mass is 543 g/mol. The molecule has 2 heterocycles. The van der Waals surface area contributed by atoms with Crippen molar-refractivity contribution < 1.29 is 4.79 Å². The summed E-state index contributed by atoms with van der Waals surface area (Å²) in [6.45, 7) is 2.10. The molecule has 1 amide bonds. The maximum Gasteiger partial charge on any atom is 0.267 e. The first-order valence-corrected chi connectivity index (χ1v) is 14.0. The normalized spacial score (nSPS) is 13.1. The predicted molar refractivity (Wildman–Crippen MR) is 147 cm³/mol. The van der Waals surface area contributed by atoms with Crippen molar-refractivity contribution in [3.8, 4) is 5.69 Å². The molecule has 0 atom stereocenters. The van der Waals surface area contributed by atoms with Crippen LogP contribution >= 0.6 is 46.3 Å². The molecule has 0 unspecified atom stereocenters. The molecule has 5 nitrogen and oxygen atoms in total. The van der Waals surface area contributed by atoms with E-state index in [2.05, 4.69) is 12.2 Å². The number of carbonyl (C=O) groups is 1. The highest BCUT2D eigenvalue weighted by atomic mass is 35.5. The Bertz CT molecular complexity index is 1480. The number of amides is 1. The number of nitrogens with zero attached hydrogens (tertiary/aromatic N) is 2. The van der Waals surface area contributed by atoms with Crippen LogP contribution in [0.3, 0.4) is 0 Å². The minimum absolute atomic E-state index is 0.0639. The van der Waals surface area contributed by atoms with Crippen molar-refractivity contribution in [2.75, 3.05) is 11.1 Å². The highest BCUT2D eigenvalue weighted by Crippen LogP contribution is 2.35. The largest absolute Gasteiger partial charge is 0.325 e. The summed E-state index contributed by atoms with van der Waals surface area (Å²) in [5.74, 6) is -0.128. The minimum Gasteiger partial charge on any atom is -0.325 e. The SMILES string of the molecule is CCc1ccc(-n2c(SCC(=O)Nc3ccc(Cl)c(Cl)c3)nc3sc4c(c3c2=O)CCCC4)cc1. The number of aromatic nitrogens is 2. The molecule has 4 aromatic rings. The van der Waals surface area contributed by atoms with Gasteiger partial charge in [-0.25, -0.2) is 4.98 Å². The van der Waals surface area contributed by atoms with Gasteiger partial charge in [-0.1, -0.05) is 54.0 Å². The molecule has 1 aliphatic rings. The summed E-state index contributed by atoms with van der Waals surface area (Å²) >= 11 is 14.9. The molecule has 0 fully saturated rings. The Kier molecular flexibility index (Phi) is 7.21. The standard InChI is InChI=1S/C26H23Cl2N3O2S2/c1-2-15-7-10-17(11-8-15)31-25(33)23-18-5-3-4-6-21(18)35-24(23)30-26(31)34-14-22(32)29-16-9-12-19(27)20(28)13-16/h7-13H,2-6,14H2,1H3,(H,29,32). The van der Waals surface area contributed by atoms with Crippen LogP contribution in [0.15, 0.2) is 52.4 Å². The molecule has 0 radical (unpaired) electrons. The third-order valence-electron chi connectivity index (χ3n) is 6.10. The van der Waals surface area contributed by atoms with E-state index in [1.165, 1.54) is 22.2 Å². The fraction of sp³-hybridized carbons (Fsp3) is 0.269. The molecule has 0 saturated carbocycles. The smallest absolute Gasteiger partial charge is 0.267 e. The Hall–Kier alpha value is -2.32. The van der Waals surface area contributed by atoms with Gasteiger partial charge in [0.05, 0.1) is 26.9 Å². The average molecular weight is 545 g/mol. The first kappa shape index (κ1) is 24.4. The Balaban J connectivity index is 1.50. The number of nitrogens with one attached hydrogen (secondary N) is 1. The number of rotatable bonds is 6. The van der Waals surface area contributed by atoms with Gasteiger partial charge in [0.1, 0.15) is 4.83 Å². The van der Waals surface area contributed by atoms with E-state index in [9.17, 15) is 9.59 Å². The molecular formula is C26H23Cl2N3O2S2. The maximum absolute atomic E-state index is 13.8. The third-order valence-corrected chi connectivity index (χ3v) is 8.96. The lowest BCUT2D eigenvalue weighted by molar-refractivity contribution is -0.113. The molecule has 0 saturated heterocycles. The van der Waals surface area contributed by atoms with Crippen LogP contribution in [0.5, 0.6) is 0 Å². The van der Waals surface area contributed by atoms with Gasteiger partial charge in [-0.3, -0.25) is 14.2 Å². The van der Waals surface area contributed by atoms with E-state index in [4.69, 9.17) is 28.2 Å². The van der Waals surface area contributed by atoms with E-state index in [1.54, 1.807) is 34.1 Å². The van der Waals surface area contributed by atoms with Gasteiger partial charge in [-0.05, 0) is 73.6 Å². The number of anilines is 1. The van der Waals surface area contributed by atoms with Crippen molar-refractivity contribution in [3.63, 3.8) is 0 Å². The van der Waals surface area contributed by atoms with Gasteiger partial charge in [-0.15, -0.1) is 11.3 Å². The number of thioether (sulfide) groups is 1. The second-order valence-electron chi connectivity index (χ2n) is 8.41. The van der Waals surface area contributed by atoms with Crippen LogP contribution in [0, 0.1) is 0 Å². The molecule has 9 heteroatoms. The first-order chi connectivity index (χ1) is 16.9. The molecule has 1 N–H and O–H groups in total. The van der Waals surface area contributed by atoms with Crippen LogP contribution in [0.4, 0.5) is 5.69 Å². The number of thiophene rings is 1. The van der Waals surface area contributed by atoms with Crippen LogP contribution < -0.4 is 10.9 Å². The molecule has 0 bridgehead atoms. The van der Waals surface area contributed by atoms with Crippen molar-refractivity contribution in [2.24, 2.45) is 0 Å². The third kappa shape index (κ3) is 5.00. The van der Waals surface area contributed by atoms with Crippen molar-refractivity contribution >= 4 is 68.1 Å². The zero-order valence-electron chi connectivity index (χ0n) is 19.1. The first-order valence-electron chi connectivity index (χ1n) is 11.5. The van der Waals surface area contributed by atoms with Gasteiger partial charge in [0.15, 0.2) is 5.16 Å². The highest BCUT2D eigenvalue weighted by Gasteiger charge is 2.23. The fourth-order valence-corrected chi connectivity index (χ4v) is 6.71. The second kappa shape index (κ2) is 10.3.